The van der Waals surface area contributed by atoms with Crippen LogP contribution in [-0.4, -0.2) is 68.8 Å². The maximum Gasteiger partial charge on any atom is 0.374 e. The molecule has 32 heavy (non-hydrogen) atoms. The van der Waals surface area contributed by atoms with Gasteiger partial charge in [0.2, 0.25) is 16.8 Å². The molecule has 1 saturated heterocycles. The second-order valence-electron chi connectivity index (χ2n) is 7.36. The van der Waals surface area contributed by atoms with Crippen molar-refractivity contribution in [3.63, 3.8) is 0 Å². The Morgan fingerprint density at radius 3 is 2.41 bits per heavy atom. The standard InChI is InChI=1S/C21H26ClN3O6S/c1-3-30-21(27)18-8-9-20(31-18)32(28,29)25-12-10-24(11-13-25)14-19(26)23-15(2)16-4-6-17(22)7-5-16/h4-9,15H,3,10-14H2,1-2H3,(H,23,26). The minimum absolute atomic E-state index is 0.145. The van der Waals surface area contributed by atoms with Gasteiger partial charge in [0.25, 0.3) is 10.0 Å². The Hall–Kier alpha value is -2.40. The predicted molar refractivity (Wildman–Crippen MR) is 118 cm³/mol. The average Bonchev–Trinajstić information content (AvgIpc) is 3.26. The summed E-state index contributed by atoms with van der Waals surface area (Å²) in [6.07, 6.45) is 0. The number of hydrogen-bond donors (Lipinski definition) is 1. The van der Waals surface area contributed by atoms with Crippen molar-refractivity contribution < 1.29 is 27.2 Å². The Bertz CT molecular complexity index is 1050. The monoisotopic (exact) mass is 483 g/mol. The zero-order valence-corrected chi connectivity index (χ0v) is 19.5. The number of carbonyl (C=O) groups excluding carboxylic acids is 2. The number of hydrogen-bond acceptors (Lipinski definition) is 7. The van der Waals surface area contributed by atoms with Crippen LogP contribution < -0.4 is 5.32 Å². The maximum absolute atomic E-state index is 12.8. The number of sulfonamides is 1. The van der Waals surface area contributed by atoms with Crippen LogP contribution >= 0.6 is 11.6 Å². The fourth-order valence-electron chi connectivity index (χ4n) is 3.35. The van der Waals surface area contributed by atoms with E-state index in [1.54, 1.807) is 19.1 Å². The number of benzene rings is 1. The van der Waals surface area contributed by atoms with Gasteiger partial charge in [-0.15, -0.1) is 0 Å². The molecule has 3 rings (SSSR count). The lowest BCUT2D eigenvalue weighted by Crippen LogP contribution is -2.51. The molecule has 1 aliphatic heterocycles. The van der Waals surface area contributed by atoms with Crippen LogP contribution in [0.25, 0.3) is 0 Å². The first-order chi connectivity index (χ1) is 15.2. The van der Waals surface area contributed by atoms with Crippen LogP contribution in [0.5, 0.6) is 0 Å². The molecular formula is C21H26ClN3O6S. The van der Waals surface area contributed by atoms with E-state index in [0.717, 1.165) is 5.56 Å². The molecule has 1 aromatic carbocycles. The van der Waals surface area contributed by atoms with Crippen molar-refractivity contribution in [2.75, 3.05) is 39.3 Å². The average molecular weight is 484 g/mol. The van der Waals surface area contributed by atoms with Crippen molar-refractivity contribution in [2.24, 2.45) is 0 Å². The van der Waals surface area contributed by atoms with E-state index >= 15 is 0 Å². The third-order valence-electron chi connectivity index (χ3n) is 5.10. The highest BCUT2D eigenvalue weighted by Gasteiger charge is 2.32. The summed E-state index contributed by atoms with van der Waals surface area (Å²) in [5.74, 6) is -1.01. The van der Waals surface area contributed by atoms with Crippen LogP contribution in [0, 0.1) is 0 Å². The lowest BCUT2D eigenvalue weighted by Gasteiger charge is -2.33. The summed E-state index contributed by atoms with van der Waals surface area (Å²) >= 11 is 5.89. The number of esters is 1. The lowest BCUT2D eigenvalue weighted by atomic mass is 10.1. The number of nitrogens with one attached hydrogen (secondary N) is 1. The molecule has 1 N–H and O–H groups in total. The number of halogens is 1. The molecule has 1 atom stereocenters. The number of ether oxygens (including phenoxy) is 1. The van der Waals surface area contributed by atoms with Crippen molar-refractivity contribution in [1.82, 2.24) is 14.5 Å². The van der Waals surface area contributed by atoms with Gasteiger partial charge in [0.15, 0.2) is 0 Å². The minimum atomic E-state index is -3.88. The summed E-state index contributed by atoms with van der Waals surface area (Å²) in [6.45, 7) is 5.07. The number of furan rings is 1. The summed E-state index contributed by atoms with van der Waals surface area (Å²) in [4.78, 5) is 26.0. The molecular weight excluding hydrogens is 458 g/mol. The molecule has 0 saturated carbocycles. The maximum atomic E-state index is 12.8. The second kappa shape index (κ2) is 10.5. The molecule has 11 heteroatoms. The molecule has 1 unspecified atom stereocenters. The number of carbonyl (C=O) groups is 2. The molecule has 0 aliphatic carbocycles. The molecule has 0 bridgehead atoms. The number of nitrogens with zero attached hydrogens (tertiary/aromatic N) is 2. The highest BCUT2D eigenvalue weighted by Crippen LogP contribution is 2.21. The molecule has 1 amide bonds. The van der Waals surface area contributed by atoms with Crippen molar-refractivity contribution in [3.8, 4) is 0 Å². The van der Waals surface area contributed by atoms with Crippen LogP contribution in [0.3, 0.4) is 0 Å². The second-order valence-corrected chi connectivity index (χ2v) is 9.67. The van der Waals surface area contributed by atoms with Crippen LogP contribution in [-0.2, 0) is 19.6 Å². The fraction of sp³-hybridized carbons (Fsp3) is 0.429. The van der Waals surface area contributed by atoms with Gasteiger partial charge in [-0.25, -0.2) is 13.2 Å². The van der Waals surface area contributed by atoms with E-state index in [1.807, 2.05) is 24.0 Å². The zero-order valence-electron chi connectivity index (χ0n) is 17.9. The van der Waals surface area contributed by atoms with E-state index in [9.17, 15) is 18.0 Å². The zero-order chi connectivity index (χ0) is 23.3. The number of rotatable bonds is 8. The Morgan fingerprint density at radius 2 is 1.78 bits per heavy atom. The number of piperazine rings is 1. The SMILES string of the molecule is CCOC(=O)c1ccc(S(=O)(=O)N2CCN(CC(=O)NC(C)c3ccc(Cl)cc3)CC2)o1. The summed E-state index contributed by atoms with van der Waals surface area (Å²) in [6, 6.07) is 9.63. The van der Waals surface area contributed by atoms with Gasteiger partial charge in [0.05, 0.1) is 19.2 Å². The van der Waals surface area contributed by atoms with E-state index in [4.69, 9.17) is 20.8 Å². The minimum Gasteiger partial charge on any atom is -0.460 e. The summed E-state index contributed by atoms with van der Waals surface area (Å²) in [5.41, 5.74) is 0.944. The highest BCUT2D eigenvalue weighted by molar-refractivity contribution is 7.89. The summed E-state index contributed by atoms with van der Waals surface area (Å²) in [7, 11) is -3.88. The van der Waals surface area contributed by atoms with E-state index in [2.05, 4.69) is 5.32 Å². The first kappa shape index (κ1) is 24.2. The van der Waals surface area contributed by atoms with Crippen molar-refractivity contribution >= 4 is 33.5 Å². The normalized spacial score (nSPS) is 16.5. The number of amides is 1. The molecule has 174 valence electrons. The van der Waals surface area contributed by atoms with Crippen molar-refractivity contribution in [3.05, 3.63) is 52.7 Å². The van der Waals surface area contributed by atoms with Crippen LogP contribution in [0.4, 0.5) is 0 Å². The van der Waals surface area contributed by atoms with Gasteiger partial charge >= 0.3 is 5.97 Å². The quantitative estimate of drug-likeness (QED) is 0.573. The third kappa shape index (κ3) is 5.89. The smallest absolute Gasteiger partial charge is 0.374 e. The molecule has 1 aliphatic rings. The van der Waals surface area contributed by atoms with Crippen LogP contribution in [0.2, 0.25) is 5.02 Å². The molecule has 2 aromatic rings. The molecule has 2 heterocycles. The first-order valence-electron chi connectivity index (χ1n) is 10.2. The van der Waals surface area contributed by atoms with Crippen LogP contribution in [0.15, 0.2) is 45.9 Å². The first-order valence-corrected chi connectivity index (χ1v) is 12.1. The topological polar surface area (TPSA) is 109 Å². The van der Waals surface area contributed by atoms with E-state index in [-0.39, 0.29) is 49.0 Å². The molecule has 1 fully saturated rings. The van der Waals surface area contributed by atoms with Gasteiger partial charge in [-0.3, -0.25) is 9.69 Å². The van der Waals surface area contributed by atoms with Gasteiger partial charge in [-0.05, 0) is 43.7 Å². The molecule has 0 spiro atoms. The van der Waals surface area contributed by atoms with E-state index < -0.39 is 16.0 Å². The van der Waals surface area contributed by atoms with Gasteiger partial charge in [0, 0.05) is 31.2 Å². The van der Waals surface area contributed by atoms with E-state index in [1.165, 1.54) is 16.4 Å². The third-order valence-corrected chi connectivity index (χ3v) is 7.12. The lowest BCUT2D eigenvalue weighted by molar-refractivity contribution is -0.123. The predicted octanol–water partition coefficient (Wildman–Crippen LogP) is 2.29. The summed E-state index contributed by atoms with van der Waals surface area (Å²) < 4.78 is 36.9. The van der Waals surface area contributed by atoms with Crippen LogP contribution in [0.1, 0.15) is 36.0 Å². The van der Waals surface area contributed by atoms with Crippen molar-refractivity contribution in [2.45, 2.75) is 25.0 Å². The van der Waals surface area contributed by atoms with Gasteiger partial charge in [0.1, 0.15) is 0 Å². The molecule has 0 radical (unpaired) electrons. The fourth-order valence-corrected chi connectivity index (χ4v) is 4.81. The Labute approximate surface area is 192 Å². The van der Waals surface area contributed by atoms with Gasteiger partial charge in [-0.2, -0.15) is 4.31 Å². The molecule has 1 aromatic heterocycles. The van der Waals surface area contributed by atoms with E-state index in [0.29, 0.717) is 18.1 Å². The summed E-state index contributed by atoms with van der Waals surface area (Å²) in [5, 5.41) is 3.27. The largest absolute Gasteiger partial charge is 0.460 e. The Morgan fingerprint density at radius 1 is 1.12 bits per heavy atom. The Kier molecular flexibility index (Phi) is 7.94. The highest BCUT2D eigenvalue weighted by atomic mass is 35.5. The van der Waals surface area contributed by atoms with Gasteiger partial charge < -0.3 is 14.5 Å². The van der Waals surface area contributed by atoms with Crippen molar-refractivity contribution in [1.29, 1.82) is 0 Å². The Balaban J connectivity index is 1.51. The molecule has 9 nitrogen and oxygen atoms in total. The van der Waals surface area contributed by atoms with Gasteiger partial charge in [-0.1, -0.05) is 23.7 Å².